The molecule has 0 radical (unpaired) electrons. The van der Waals surface area contributed by atoms with Gasteiger partial charge in [0.1, 0.15) is 5.01 Å². The van der Waals surface area contributed by atoms with Crippen molar-refractivity contribution >= 4 is 47.2 Å². The molecule has 2 fully saturated rings. The van der Waals surface area contributed by atoms with E-state index in [0.717, 1.165) is 55.2 Å². The monoisotopic (exact) mass is 531 g/mol. The van der Waals surface area contributed by atoms with E-state index in [4.69, 9.17) is 0 Å². The fourth-order valence-corrected chi connectivity index (χ4v) is 3.92. The van der Waals surface area contributed by atoms with Crippen LogP contribution >= 0.6 is 35.3 Å². The average molecular weight is 531 g/mol. The summed E-state index contributed by atoms with van der Waals surface area (Å²) in [5.74, 6) is 0.643. The minimum absolute atomic E-state index is 0. The molecule has 0 bridgehead atoms. The van der Waals surface area contributed by atoms with Gasteiger partial charge in [-0.05, 0) is 32.1 Å². The Morgan fingerprint density at radius 1 is 1.25 bits per heavy atom. The number of hydrogen-bond acceptors (Lipinski definition) is 4. The molecule has 2 aliphatic carbocycles. The van der Waals surface area contributed by atoms with Gasteiger partial charge in [0.15, 0.2) is 11.7 Å². The highest BCUT2D eigenvalue weighted by molar-refractivity contribution is 14.0. The Labute approximate surface area is 183 Å². The van der Waals surface area contributed by atoms with E-state index in [2.05, 4.69) is 25.9 Å². The van der Waals surface area contributed by atoms with Crippen LogP contribution in [0.1, 0.15) is 49.2 Å². The molecule has 2 aliphatic rings. The van der Waals surface area contributed by atoms with Gasteiger partial charge in [-0.25, -0.2) is 4.98 Å². The van der Waals surface area contributed by atoms with Crippen molar-refractivity contribution < 1.29 is 18.0 Å². The number of halogens is 4. The minimum Gasteiger partial charge on any atom is -0.354 e. The number of nitrogens with one attached hydrogen (secondary N) is 3. The first-order valence-corrected chi connectivity index (χ1v) is 10.0. The van der Waals surface area contributed by atoms with Crippen LogP contribution < -0.4 is 16.0 Å². The Hall–Kier alpha value is -1.11. The summed E-state index contributed by atoms with van der Waals surface area (Å²) in [7, 11) is 1.61. The summed E-state index contributed by atoms with van der Waals surface area (Å²) in [6.07, 6.45) is 1.24. The third-order valence-corrected chi connectivity index (χ3v) is 5.63. The summed E-state index contributed by atoms with van der Waals surface area (Å²) in [5.41, 5.74) is -0.871. The first kappa shape index (κ1) is 23.2. The van der Waals surface area contributed by atoms with Crippen molar-refractivity contribution in [3.8, 4) is 0 Å². The molecular formula is C17H25F3IN5OS. The van der Waals surface area contributed by atoms with Crippen LogP contribution in [0.3, 0.4) is 0 Å². The van der Waals surface area contributed by atoms with Gasteiger partial charge in [0, 0.05) is 30.4 Å². The van der Waals surface area contributed by atoms with Gasteiger partial charge in [-0.1, -0.05) is 6.42 Å². The zero-order chi connectivity index (χ0) is 19.4. The van der Waals surface area contributed by atoms with Crippen LogP contribution in [-0.2, 0) is 17.5 Å². The third kappa shape index (κ3) is 6.75. The number of amides is 1. The second-order valence-corrected chi connectivity index (χ2v) is 7.98. The molecule has 0 aromatic carbocycles. The molecule has 0 spiro atoms. The highest BCUT2D eigenvalue weighted by Crippen LogP contribution is 2.30. The summed E-state index contributed by atoms with van der Waals surface area (Å²) >= 11 is 0.962. The van der Waals surface area contributed by atoms with Gasteiger partial charge in [-0.3, -0.25) is 9.79 Å². The Kier molecular flexibility index (Phi) is 8.34. The smallest absolute Gasteiger partial charge is 0.354 e. The van der Waals surface area contributed by atoms with E-state index >= 15 is 0 Å². The predicted octanol–water partition coefficient (Wildman–Crippen LogP) is 3.28. The predicted molar refractivity (Wildman–Crippen MR) is 113 cm³/mol. The van der Waals surface area contributed by atoms with E-state index in [1.54, 1.807) is 7.05 Å². The zero-order valence-corrected chi connectivity index (χ0v) is 18.7. The summed E-state index contributed by atoms with van der Waals surface area (Å²) in [4.78, 5) is 20.0. The maximum absolute atomic E-state index is 12.6. The van der Waals surface area contributed by atoms with Crippen LogP contribution in [0, 0.1) is 5.92 Å². The molecule has 2 unspecified atom stereocenters. The normalized spacial score (nSPS) is 22.9. The fourth-order valence-electron chi connectivity index (χ4n) is 3.18. The second kappa shape index (κ2) is 10.1. The SMILES string of the molecule is CN=C(NCc1nc(C(F)(F)F)cs1)NC1CCCC(C(=O)NC2CC2)C1.I. The molecule has 3 rings (SSSR count). The molecule has 1 heterocycles. The fraction of sp³-hybridized carbons (Fsp3) is 0.706. The lowest BCUT2D eigenvalue weighted by Gasteiger charge is -2.30. The van der Waals surface area contributed by atoms with Crippen molar-refractivity contribution in [2.24, 2.45) is 10.9 Å². The second-order valence-electron chi connectivity index (χ2n) is 7.04. The molecule has 2 atom stereocenters. The van der Waals surface area contributed by atoms with Gasteiger partial charge in [-0.15, -0.1) is 35.3 Å². The largest absolute Gasteiger partial charge is 0.434 e. The van der Waals surface area contributed by atoms with Crippen molar-refractivity contribution in [1.29, 1.82) is 0 Å². The summed E-state index contributed by atoms with van der Waals surface area (Å²) < 4.78 is 37.8. The van der Waals surface area contributed by atoms with Crippen molar-refractivity contribution in [3.63, 3.8) is 0 Å². The highest BCUT2D eigenvalue weighted by atomic mass is 127. The van der Waals surface area contributed by atoms with Crippen LogP contribution in [0.15, 0.2) is 10.4 Å². The molecule has 11 heteroatoms. The number of carbonyl (C=O) groups excluding carboxylic acids is 1. The number of carbonyl (C=O) groups is 1. The van der Waals surface area contributed by atoms with Crippen molar-refractivity contribution in [1.82, 2.24) is 20.9 Å². The highest BCUT2D eigenvalue weighted by Gasteiger charge is 2.34. The molecule has 3 N–H and O–H groups in total. The van der Waals surface area contributed by atoms with Crippen LogP contribution in [-0.4, -0.2) is 36.0 Å². The van der Waals surface area contributed by atoms with Crippen molar-refractivity contribution in [3.05, 3.63) is 16.1 Å². The van der Waals surface area contributed by atoms with Crippen LogP contribution in [0.5, 0.6) is 0 Å². The summed E-state index contributed by atoms with van der Waals surface area (Å²) in [6, 6.07) is 0.474. The van der Waals surface area contributed by atoms with Gasteiger partial charge >= 0.3 is 6.18 Å². The molecular weight excluding hydrogens is 506 g/mol. The lowest BCUT2D eigenvalue weighted by Crippen LogP contribution is -2.47. The van der Waals surface area contributed by atoms with E-state index < -0.39 is 11.9 Å². The number of rotatable bonds is 5. The lowest BCUT2D eigenvalue weighted by atomic mass is 9.85. The molecule has 28 heavy (non-hydrogen) atoms. The van der Waals surface area contributed by atoms with Crippen LogP contribution in [0.4, 0.5) is 13.2 Å². The summed E-state index contributed by atoms with van der Waals surface area (Å²) in [5, 5.41) is 10.7. The number of hydrogen-bond donors (Lipinski definition) is 3. The molecule has 2 saturated carbocycles. The van der Waals surface area contributed by atoms with E-state index in [9.17, 15) is 18.0 Å². The Morgan fingerprint density at radius 2 is 2.00 bits per heavy atom. The Bertz CT molecular complexity index is 693. The maximum atomic E-state index is 12.6. The van der Waals surface area contributed by atoms with Gasteiger partial charge in [0.05, 0.1) is 6.54 Å². The van der Waals surface area contributed by atoms with E-state index in [0.29, 0.717) is 17.0 Å². The Morgan fingerprint density at radius 3 is 2.61 bits per heavy atom. The average Bonchev–Trinajstić information content (AvgIpc) is 3.30. The van der Waals surface area contributed by atoms with Gasteiger partial charge in [-0.2, -0.15) is 13.2 Å². The number of thiazole rings is 1. The molecule has 0 saturated heterocycles. The standard InChI is InChI=1S/C17H24F3N5OS.HI/c1-21-16(22-8-14-25-13(9-27-14)17(18,19)20)24-12-4-2-3-10(7-12)15(26)23-11-5-6-11;/h9-12H,2-8H2,1H3,(H,23,26)(H2,21,22,24);1H. The molecule has 158 valence electrons. The molecule has 1 aromatic rings. The van der Waals surface area contributed by atoms with Gasteiger partial charge in [0.2, 0.25) is 5.91 Å². The van der Waals surface area contributed by atoms with Gasteiger partial charge in [0.25, 0.3) is 0 Å². The van der Waals surface area contributed by atoms with E-state index in [-0.39, 0.29) is 48.4 Å². The third-order valence-electron chi connectivity index (χ3n) is 4.78. The van der Waals surface area contributed by atoms with Crippen LogP contribution in [0.25, 0.3) is 0 Å². The number of aromatic nitrogens is 1. The lowest BCUT2D eigenvalue weighted by molar-refractivity contribution is -0.140. The van der Waals surface area contributed by atoms with Crippen molar-refractivity contribution in [2.75, 3.05) is 7.05 Å². The molecule has 1 aromatic heterocycles. The van der Waals surface area contributed by atoms with Crippen molar-refractivity contribution in [2.45, 2.75) is 63.3 Å². The summed E-state index contributed by atoms with van der Waals surface area (Å²) in [6.45, 7) is 0.165. The first-order chi connectivity index (χ1) is 12.8. The first-order valence-electron chi connectivity index (χ1n) is 9.14. The number of alkyl halides is 3. The maximum Gasteiger partial charge on any atom is 0.434 e. The molecule has 6 nitrogen and oxygen atoms in total. The zero-order valence-electron chi connectivity index (χ0n) is 15.5. The topological polar surface area (TPSA) is 78.4 Å². The molecule has 0 aliphatic heterocycles. The van der Waals surface area contributed by atoms with Gasteiger partial charge < -0.3 is 16.0 Å². The Balaban J connectivity index is 0.00000280. The van der Waals surface area contributed by atoms with Crippen LogP contribution in [0.2, 0.25) is 0 Å². The van der Waals surface area contributed by atoms with E-state index in [1.165, 1.54) is 0 Å². The number of aliphatic imine (C=N–C) groups is 1. The number of guanidine groups is 1. The van der Waals surface area contributed by atoms with E-state index in [1.807, 2.05) is 0 Å². The quantitative estimate of drug-likeness (QED) is 0.310. The molecule has 1 amide bonds. The number of nitrogens with zero attached hydrogens (tertiary/aromatic N) is 2. The minimum atomic E-state index is -4.42.